The molecule has 0 bridgehead atoms. The number of hydrogen-bond donors (Lipinski definition) is 2. The van der Waals surface area contributed by atoms with Crippen LogP contribution in [0.25, 0.3) is 0 Å². The summed E-state index contributed by atoms with van der Waals surface area (Å²) in [7, 11) is 2.59. The molecule has 1 aromatic heterocycles. The van der Waals surface area contributed by atoms with E-state index in [1.165, 1.54) is 27.3 Å². The van der Waals surface area contributed by atoms with Crippen LogP contribution in [0.4, 0.5) is 10.5 Å². The lowest BCUT2D eigenvalue weighted by Gasteiger charge is -2.16. The summed E-state index contributed by atoms with van der Waals surface area (Å²) in [5, 5.41) is 21.0. The van der Waals surface area contributed by atoms with Crippen LogP contribution in [0.5, 0.6) is 17.2 Å². The van der Waals surface area contributed by atoms with Crippen molar-refractivity contribution in [2.75, 3.05) is 20.8 Å². The Hall–Kier alpha value is -3.91. The summed E-state index contributed by atoms with van der Waals surface area (Å²) in [5.74, 6) is -0.318. The van der Waals surface area contributed by atoms with Crippen molar-refractivity contribution in [1.82, 2.24) is 9.55 Å². The van der Waals surface area contributed by atoms with E-state index in [1.807, 2.05) is 0 Å². The number of nitrogens with zero attached hydrogens (tertiary/aromatic N) is 2. The highest BCUT2D eigenvalue weighted by Gasteiger charge is 2.40. The quantitative estimate of drug-likeness (QED) is 0.252. The third-order valence-corrected chi connectivity index (χ3v) is 4.92. The smallest absolute Gasteiger partial charge is 0.493 e. The number of ether oxygens (including phenoxy) is 5. The molecule has 2 heterocycles. The van der Waals surface area contributed by atoms with E-state index in [0.717, 1.165) is 16.7 Å². The van der Waals surface area contributed by atoms with Gasteiger partial charge in [-0.25, -0.2) is 9.59 Å². The predicted molar refractivity (Wildman–Crippen MR) is 109 cm³/mol. The van der Waals surface area contributed by atoms with E-state index in [9.17, 15) is 29.6 Å². The molecule has 1 aromatic carbocycles. The van der Waals surface area contributed by atoms with Gasteiger partial charge in [0.05, 0.1) is 31.8 Å². The van der Waals surface area contributed by atoms with Crippen LogP contribution >= 0.6 is 0 Å². The Kier molecular flexibility index (Phi) is 6.98. The number of aromatic nitrogens is 2. The molecule has 1 fully saturated rings. The summed E-state index contributed by atoms with van der Waals surface area (Å²) in [6, 6.07) is 2.12. The number of nitro benzene ring substituents is 1. The lowest BCUT2D eigenvalue weighted by Crippen LogP contribution is -2.33. The molecule has 0 aliphatic carbocycles. The zero-order valence-corrected chi connectivity index (χ0v) is 17.8. The molecule has 1 saturated heterocycles. The van der Waals surface area contributed by atoms with Gasteiger partial charge in [0.15, 0.2) is 11.5 Å². The Bertz CT molecular complexity index is 1170. The Labute approximate surface area is 185 Å². The number of aromatic amines is 1. The van der Waals surface area contributed by atoms with Gasteiger partial charge >= 0.3 is 17.5 Å². The fourth-order valence-electron chi connectivity index (χ4n) is 3.27. The Morgan fingerprint density at radius 1 is 1.27 bits per heavy atom. The molecule has 0 saturated carbocycles. The van der Waals surface area contributed by atoms with Crippen molar-refractivity contribution in [2.45, 2.75) is 31.8 Å². The minimum atomic E-state index is -1.30. The summed E-state index contributed by atoms with van der Waals surface area (Å²) in [6.07, 6.45) is -3.08. The number of carbonyl (C=O) groups is 1. The normalized spacial score (nSPS) is 19.7. The summed E-state index contributed by atoms with van der Waals surface area (Å²) in [4.78, 5) is 48.8. The second-order valence-electron chi connectivity index (χ2n) is 6.97. The number of methoxy groups -OCH3 is 2. The van der Waals surface area contributed by atoms with Crippen LogP contribution in [0.1, 0.15) is 18.2 Å². The molecule has 1 unspecified atom stereocenters. The molecule has 0 radical (unpaired) electrons. The van der Waals surface area contributed by atoms with Crippen molar-refractivity contribution in [2.24, 2.45) is 0 Å². The molecule has 1 aliphatic heterocycles. The average Bonchev–Trinajstić information content (AvgIpc) is 3.17. The van der Waals surface area contributed by atoms with Crippen molar-refractivity contribution >= 4 is 11.8 Å². The summed E-state index contributed by atoms with van der Waals surface area (Å²) < 4.78 is 27.0. The SMILES string of the molecule is COc1cc(OC(=O)OC2C[C@H](n3cc(C)c(=O)[nH]c3=O)O[C@@H]2CO)c([N+](=O)[O-])cc1OC. The number of rotatable bonds is 7. The van der Waals surface area contributed by atoms with Crippen molar-refractivity contribution in [3.8, 4) is 17.2 Å². The number of aliphatic hydroxyl groups is 1. The van der Waals surface area contributed by atoms with E-state index in [2.05, 4.69) is 4.98 Å². The highest BCUT2D eigenvalue weighted by atomic mass is 16.7. The second kappa shape index (κ2) is 9.70. The molecule has 14 heteroatoms. The molecule has 0 spiro atoms. The monoisotopic (exact) mass is 467 g/mol. The number of H-pyrrole nitrogens is 1. The first-order valence-corrected chi connectivity index (χ1v) is 9.55. The summed E-state index contributed by atoms with van der Waals surface area (Å²) in [6.45, 7) is 0.941. The largest absolute Gasteiger partial charge is 0.514 e. The zero-order valence-electron chi connectivity index (χ0n) is 17.8. The maximum absolute atomic E-state index is 12.4. The van der Waals surface area contributed by atoms with E-state index < -0.39 is 58.8 Å². The summed E-state index contributed by atoms with van der Waals surface area (Å²) in [5.41, 5.74) is -1.61. The number of aryl methyl sites for hydroxylation is 1. The Morgan fingerprint density at radius 3 is 2.55 bits per heavy atom. The van der Waals surface area contributed by atoms with Crippen LogP contribution < -0.4 is 25.5 Å². The van der Waals surface area contributed by atoms with Crippen LogP contribution in [-0.2, 0) is 9.47 Å². The number of benzene rings is 1. The van der Waals surface area contributed by atoms with E-state index in [4.69, 9.17) is 23.7 Å². The topological polar surface area (TPSA) is 181 Å². The first-order valence-electron chi connectivity index (χ1n) is 9.55. The Morgan fingerprint density at radius 2 is 1.94 bits per heavy atom. The van der Waals surface area contributed by atoms with Crippen LogP contribution in [0.15, 0.2) is 27.9 Å². The lowest BCUT2D eigenvalue weighted by molar-refractivity contribution is -0.385. The van der Waals surface area contributed by atoms with E-state index in [-0.39, 0.29) is 23.5 Å². The van der Waals surface area contributed by atoms with Gasteiger partial charge in [-0.15, -0.1) is 0 Å². The predicted octanol–water partition coefficient (Wildman–Crippen LogP) is 0.634. The molecule has 178 valence electrons. The number of carbonyl (C=O) groups excluding carboxylic acids is 1. The van der Waals surface area contributed by atoms with Gasteiger partial charge < -0.3 is 28.8 Å². The van der Waals surface area contributed by atoms with Gasteiger partial charge in [-0.1, -0.05) is 0 Å². The molecule has 1 aliphatic rings. The minimum absolute atomic E-state index is 0.0546. The first-order chi connectivity index (χ1) is 15.7. The van der Waals surface area contributed by atoms with E-state index in [1.54, 1.807) is 0 Å². The van der Waals surface area contributed by atoms with Crippen molar-refractivity contribution in [3.63, 3.8) is 0 Å². The standard InChI is InChI=1S/C19H21N3O11/c1-9-7-21(18(25)20-17(9)24)16-6-14(15(8-23)31-16)33-19(26)32-11-5-13(30-3)12(29-2)4-10(11)22(27)28/h4-5,7,14-16,23H,6,8H2,1-3H3,(H,20,24,25)/t14?,15-,16-/m1/s1. The molecule has 14 nitrogen and oxygen atoms in total. The van der Waals surface area contributed by atoms with Gasteiger partial charge in [-0.2, -0.15) is 0 Å². The van der Waals surface area contributed by atoms with Gasteiger partial charge in [0.1, 0.15) is 18.4 Å². The van der Waals surface area contributed by atoms with Crippen molar-refractivity contribution in [3.05, 3.63) is 54.8 Å². The maximum Gasteiger partial charge on any atom is 0.514 e. The number of nitrogens with one attached hydrogen (secondary N) is 1. The van der Waals surface area contributed by atoms with Crippen LogP contribution in [0.3, 0.4) is 0 Å². The molecule has 0 amide bonds. The van der Waals surface area contributed by atoms with E-state index >= 15 is 0 Å². The molecular weight excluding hydrogens is 446 g/mol. The van der Waals surface area contributed by atoms with Gasteiger partial charge in [0.2, 0.25) is 5.75 Å². The van der Waals surface area contributed by atoms with Gasteiger partial charge in [0, 0.05) is 24.2 Å². The fourth-order valence-corrected chi connectivity index (χ4v) is 3.27. The number of aliphatic hydroxyl groups excluding tert-OH is 1. The second-order valence-corrected chi connectivity index (χ2v) is 6.97. The van der Waals surface area contributed by atoms with Crippen LogP contribution in [0, 0.1) is 17.0 Å². The highest BCUT2D eigenvalue weighted by Crippen LogP contribution is 2.39. The van der Waals surface area contributed by atoms with Gasteiger partial charge in [0.25, 0.3) is 5.56 Å². The number of nitro groups is 1. The van der Waals surface area contributed by atoms with Gasteiger partial charge in [-0.05, 0) is 6.92 Å². The van der Waals surface area contributed by atoms with E-state index in [0.29, 0.717) is 0 Å². The molecular formula is C19H21N3O11. The minimum Gasteiger partial charge on any atom is -0.493 e. The van der Waals surface area contributed by atoms with Crippen LogP contribution in [0.2, 0.25) is 0 Å². The van der Waals surface area contributed by atoms with Crippen molar-refractivity contribution in [1.29, 1.82) is 0 Å². The first kappa shape index (κ1) is 23.7. The molecule has 33 heavy (non-hydrogen) atoms. The fraction of sp³-hybridized carbons (Fsp3) is 0.421. The third kappa shape index (κ3) is 4.96. The average molecular weight is 467 g/mol. The highest BCUT2D eigenvalue weighted by molar-refractivity contribution is 5.69. The van der Waals surface area contributed by atoms with Crippen molar-refractivity contribution < 1.29 is 38.5 Å². The van der Waals surface area contributed by atoms with Crippen LogP contribution in [-0.4, -0.2) is 58.8 Å². The Balaban J connectivity index is 1.79. The third-order valence-electron chi connectivity index (χ3n) is 4.92. The zero-order chi connectivity index (χ0) is 24.3. The number of hydrogen-bond acceptors (Lipinski definition) is 11. The molecule has 3 rings (SSSR count). The van der Waals surface area contributed by atoms with Gasteiger partial charge in [-0.3, -0.25) is 24.5 Å². The molecule has 2 aromatic rings. The molecule has 2 N–H and O–H groups in total. The summed E-state index contributed by atoms with van der Waals surface area (Å²) >= 11 is 0. The lowest BCUT2D eigenvalue weighted by atomic mass is 10.2. The molecule has 3 atom stereocenters. The maximum atomic E-state index is 12.4.